The lowest BCUT2D eigenvalue weighted by molar-refractivity contribution is -0.114. The summed E-state index contributed by atoms with van der Waals surface area (Å²) in [5.74, 6) is -0.0504. The number of nitrogens with one attached hydrogen (secondary N) is 1. The first-order valence-electron chi connectivity index (χ1n) is 6.96. The number of carbonyl (C=O) groups excluding carboxylic acids is 1. The zero-order chi connectivity index (χ0) is 17.5. The van der Waals surface area contributed by atoms with Crippen LogP contribution in [-0.2, 0) is 23.6 Å². The molecule has 0 fully saturated rings. The maximum atomic E-state index is 10.8. The normalized spacial score (nSPS) is 11.0. The van der Waals surface area contributed by atoms with Crippen LogP contribution in [0.2, 0.25) is 0 Å². The van der Waals surface area contributed by atoms with Crippen LogP contribution in [0, 0.1) is 6.92 Å². The van der Waals surface area contributed by atoms with Crippen LogP contribution < -0.4 is 5.32 Å². The van der Waals surface area contributed by atoms with Crippen LogP contribution in [0.25, 0.3) is 10.2 Å². The molecule has 0 saturated heterocycles. The molecule has 0 unspecified atom stereocenters. The van der Waals surface area contributed by atoms with E-state index in [-0.39, 0.29) is 19.1 Å². The molecule has 0 aliphatic rings. The van der Waals surface area contributed by atoms with Crippen molar-refractivity contribution in [2.75, 3.05) is 18.5 Å². The van der Waals surface area contributed by atoms with Crippen LogP contribution >= 0.6 is 11.3 Å². The van der Waals surface area contributed by atoms with Crippen molar-refractivity contribution < 1.29 is 21.6 Å². The van der Waals surface area contributed by atoms with Crippen molar-refractivity contribution in [1.29, 1.82) is 0 Å². The fourth-order valence-corrected chi connectivity index (χ4v) is 3.16. The molecular formula is C14H20N2O5S2. The highest BCUT2D eigenvalue weighted by atomic mass is 32.3. The Morgan fingerprint density at radius 3 is 2.39 bits per heavy atom. The number of thiazole rings is 1. The molecule has 1 aromatic carbocycles. The zero-order valence-corrected chi connectivity index (χ0v) is 15.1. The molecule has 128 valence electrons. The van der Waals surface area contributed by atoms with E-state index in [1.165, 1.54) is 6.92 Å². The Hall–Kier alpha value is -1.55. The minimum absolute atomic E-state index is 0.0504. The van der Waals surface area contributed by atoms with Gasteiger partial charge in [0, 0.05) is 12.6 Å². The van der Waals surface area contributed by atoms with E-state index in [9.17, 15) is 13.2 Å². The van der Waals surface area contributed by atoms with Gasteiger partial charge in [-0.25, -0.2) is 13.4 Å². The number of hydrogen-bond acceptors (Lipinski definition) is 7. The molecule has 23 heavy (non-hydrogen) atoms. The van der Waals surface area contributed by atoms with Crippen LogP contribution in [0.15, 0.2) is 18.2 Å². The van der Waals surface area contributed by atoms with E-state index in [4.69, 9.17) is 0 Å². The fraction of sp³-hybridized carbons (Fsp3) is 0.429. The Balaban J connectivity index is 0.000000257. The number of benzene rings is 1. The van der Waals surface area contributed by atoms with Gasteiger partial charge in [0.2, 0.25) is 5.91 Å². The average molecular weight is 360 g/mol. The van der Waals surface area contributed by atoms with E-state index in [1.807, 2.05) is 25.1 Å². The van der Waals surface area contributed by atoms with Crippen LogP contribution in [-0.4, -0.2) is 32.5 Å². The van der Waals surface area contributed by atoms with Crippen LogP contribution in [0.3, 0.4) is 0 Å². The van der Waals surface area contributed by atoms with Crippen molar-refractivity contribution in [3.8, 4) is 0 Å². The number of aromatic nitrogens is 1. The molecule has 1 heterocycles. The molecule has 2 rings (SSSR count). The number of carbonyl (C=O) groups is 1. The number of aryl methyl sites for hydroxylation is 1. The maximum absolute atomic E-state index is 10.8. The van der Waals surface area contributed by atoms with E-state index < -0.39 is 10.4 Å². The summed E-state index contributed by atoms with van der Waals surface area (Å²) in [5.41, 5.74) is 1.82. The Bertz CT molecular complexity index is 744. The van der Waals surface area contributed by atoms with E-state index >= 15 is 0 Å². The second-order valence-corrected chi connectivity index (χ2v) is 6.84. The number of nitrogens with zero attached hydrogens (tertiary/aromatic N) is 1. The Morgan fingerprint density at radius 2 is 1.87 bits per heavy atom. The standard InChI is InChI=1S/C10H10N2OS.C4H10O4S/c1-6(13)11-8-3-4-9-10(5-8)14-7(2)12-9;1-3-7-9(5,6)8-4-2/h3-5H,1-2H3,(H,11,13);3-4H2,1-2H3. The third-order valence-electron chi connectivity index (χ3n) is 2.34. The largest absolute Gasteiger partial charge is 0.399 e. The van der Waals surface area contributed by atoms with Crippen LogP contribution in [0.5, 0.6) is 0 Å². The molecule has 0 atom stereocenters. The highest BCUT2D eigenvalue weighted by molar-refractivity contribution is 7.81. The molecule has 2 aromatic rings. The monoisotopic (exact) mass is 360 g/mol. The molecule has 0 aliphatic heterocycles. The molecule has 0 spiro atoms. The van der Waals surface area contributed by atoms with E-state index in [2.05, 4.69) is 18.7 Å². The molecule has 1 aromatic heterocycles. The van der Waals surface area contributed by atoms with Gasteiger partial charge in [0.05, 0.1) is 28.4 Å². The topological polar surface area (TPSA) is 94.6 Å². The Morgan fingerprint density at radius 1 is 1.26 bits per heavy atom. The summed E-state index contributed by atoms with van der Waals surface area (Å²) >= 11 is 1.63. The molecule has 1 N–H and O–H groups in total. The lowest BCUT2D eigenvalue weighted by atomic mass is 10.3. The van der Waals surface area contributed by atoms with Gasteiger partial charge in [-0.05, 0) is 39.0 Å². The summed E-state index contributed by atoms with van der Waals surface area (Å²) < 4.78 is 30.3. The van der Waals surface area contributed by atoms with Crippen LogP contribution in [0.1, 0.15) is 25.8 Å². The summed E-state index contributed by atoms with van der Waals surface area (Å²) in [5, 5.41) is 3.79. The third kappa shape index (κ3) is 7.04. The number of rotatable bonds is 5. The number of anilines is 1. The van der Waals surface area contributed by atoms with Crippen LogP contribution in [0.4, 0.5) is 5.69 Å². The molecule has 0 bridgehead atoms. The van der Waals surface area contributed by atoms with Crippen molar-refractivity contribution in [2.24, 2.45) is 0 Å². The van der Waals surface area contributed by atoms with Gasteiger partial charge in [-0.1, -0.05) is 0 Å². The molecular weight excluding hydrogens is 340 g/mol. The van der Waals surface area contributed by atoms with Crippen molar-refractivity contribution in [3.63, 3.8) is 0 Å². The predicted octanol–water partition coefficient (Wildman–Crippen LogP) is 2.87. The summed E-state index contributed by atoms with van der Waals surface area (Å²) in [4.78, 5) is 15.2. The molecule has 9 heteroatoms. The Labute approximate surface area is 140 Å². The van der Waals surface area contributed by atoms with Gasteiger partial charge in [0.25, 0.3) is 0 Å². The predicted molar refractivity (Wildman–Crippen MR) is 90.8 cm³/mol. The lowest BCUT2D eigenvalue weighted by Gasteiger charge is -1.99. The SMILES string of the molecule is CC(=O)Nc1ccc2nc(C)sc2c1.CCOS(=O)(=O)OCC. The maximum Gasteiger partial charge on any atom is 0.399 e. The highest BCUT2D eigenvalue weighted by Crippen LogP contribution is 2.24. The zero-order valence-electron chi connectivity index (χ0n) is 13.5. The molecule has 0 saturated carbocycles. The fourth-order valence-electron chi connectivity index (χ4n) is 1.64. The number of hydrogen-bond donors (Lipinski definition) is 1. The summed E-state index contributed by atoms with van der Waals surface area (Å²) in [6.45, 7) is 6.86. The van der Waals surface area contributed by atoms with E-state index in [0.717, 1.165) is 20.9 Å². The first kappa shape index (κ1) is 19.5. The van der Waals surface area contributed by atoms with E-state index in [0.29, 0.717) is 0 Å². The van der Waals surface area contributed by atoms with Gasteiger partial charge in [0.15, 0.2) is 0 Å². The number of amides is 1. The van der Waals surface area contributed by atoms with Crippen molar-refractivity contribution in [1.82, 2.24) is 4.98 Å². The van der Waals surface area contributed by atoms with Gasteiger partial charge in [-0.2, -0.15) is 8.42 Å². The molecule has 0 aliphatic carbocycles. The van der Waals surface area contributed by atoms with Crippen molar-refractivity contribution in [2.45, 2.75) is 27.7 Å². The van der Waals surface area contributed by atoms with Gasteiger partial charge >= 0.3 is 10.4 Å². The van der Waals surface area contributed by atoms with Gasteiger partial charge in [-0.3, -0.25) is 4.79 Å². The summed E-state index contributed by atoms with van der Waals surface area (Å²) in [6, 6.07) is 5.73. The Kier molecular flexibility index (Phi) is 7.56. The van der Waals surface area contributed by atoms with Crippen molar-refractivity contribution in [3.05, 3.63) is 23.2 Å². The average Bonchev–Trinajstić information content (AvgIpc) is 2.78. The van der Waals surface area contributed by atoms with Gasteiger partial charge in [0.1, 0.15) is 0 Å². The van der Waals surface area contributed by atoms with Crippen molar-refractivity contribution >= 4 is 43.5 Å². The molecule has 7 nitrogen and oxygen atoms in total. The molecule has 0 radical (unpaired) electrons. The first-order chi connectivity index (χ1) is 10.8. The quantitative estimate of drug-likeness (QED) is 0.881. The minimum atomic E-state index is -3.68. The first-order valence-corrected chi connectivity index (χ1v) is 9.11. The highest BCUT2D eigenvalue weighted by Gasteiger charge is 2.07. The summed E-state index contributed by atoms with van der Waals surface area (Å²) in [6.07, 6.45) is 0. The molecule has 1 amide bonds. The van der Waals surface area contributed by atoms with Gasteiger partial charge in [-0.15, -0.1) is 11.3 Å². The summed E-state index contributed by atoms with van der Waals surface area (Å²) in [7, 11) is -3.68. The lowest BCUT2D eigenvalue weighted by Crippen LogP contribution is -2.09. The number of fused-ring (bicyclic) bond motifs is 1. The van der Waals surface area contributed by atoms with Gasteiger partial charge < -0.3 is 5.32 Å². The minimum Gasteiger partial charge on any atom is -0.326 e. The second-order valence-electron chi connectivity index (χ2n) is 4.32. The third-order valence-corrected chi connectivity index (χ3v) is 4.32. The second kappa shape index (κ2) is 8.92. The van der Waals surface area contributed by atoms with E-state index in [1.54, 1.807) is 25.2 Å². The smallest absolute Gasteiger partial charge is 0.326 e.